The van der Waals surface area contributed by atoms with Crippen molar-refractivity contribution in [2.45, 2.75) is 13.3 Å². The maximum Gasteiger partial charge on any atom is 0.157 e. The van der Waals surface area contributed by atoms with E-state index in [2.05, 4.69) is 15.0 Å². The highest BCUT2D eigenvalue weighted by molar-refractivity contribution is 7.09. The normalized spacial score (nSPS) is 10.9. The summed E-state index contributed by atoms with van der Waals surface area (Å²) in [6.07, 6.45) is 2.05. The molecule has 0 saturated heterocycles. The van der Waals surface area contributed by atoms with Crippen LogP contribution in [0.25, 0.3) is 11.5 Å². The van der Waals surface area contributed by atoms with Gasteiger partial charge in [-0.2, -0.15) is 0 Å². The summed E-state index contributed by atoms with van der Waals surface area (Å²) in [7, 11) is 0. The number of benzene rings is 1. The molecular weight excluding hydrogens is 280 g/mol. The summed E-state index contributed by atoms with van der Waals surface area (Å²) in [5.41, 5.74) is 2.13. The van der Waals surface area contributed by atoms with E-state index >= 15 is 0 Å². The van der Waals surface area contributed by atoms with E-state index < -0.39 is 11.6 Å². The molecule has 0 bridgehead atoms. The number of hydrogen-bond donors (Lipinski definition) is 1. The summed E-state index contributed by atoms with van der Waals surface area (Å²) in [6.45, 7) is 1.92. The zero-order valence-electron chi connectivity index (χ0n) is 10.7. The van der Waals surface area contributed by atoms with Crippen LogP contribution in [-0.2, 0) is 6.42 Å². The topological polar surface area (TPSA) is 41.6 Å². The Labute approximate surface area is 118 Å². The maximum absolute atomic E-state index is 13.1. The Morgan fingerprint density at radius 3 is 2.60 bits per heavy atom. The van der Waals surface area contributed by atoms with E-state index in [1.54, 1.807) is 17.5 Å². The number of nitrogens with zero attached hydrogens (tertiary/aromatic N) is 2. The molecule has 0 aliphatic carbocycles. The minimum Gasteiger partial charge on any atom is -0.340 e. The van der Waals surface area contributed by atoms with Crippen molar-refractivity contribution in [3.05, 3.63) is 57.7 Å². The lowest BCUT2D eigenvalue weighted by molar-refractivity contribution is 0.580. The van der Waals surface area contributed by atoms with Crippen LogP contribution < -0.4 is 0 Å². The second kappa shape index (κ2) is 5.13. The van der Waals surface area contributed by atoms with E-state index in [-0.39, 0.29) is 0 Å². The molecule has 0 fully saturated rings. The van der Waals surface area contributed by atoms with Crippen LogP contribution in [0.3, 0.4) is 0 Å². The highest BCUT2D eigenvalue weighted by Gasteiger charge is 2.08. The Morgan fingerprint density at radius 1 is 1.20 bits per heavy atom. The molecule has 1 aromatic carbocycles. The van der Waals surface area contributed by atoms with Gasteiger partial charge in [0.1, 0.15) is 17.3 Å². The lowest BCUT2D eigenvalue weighted by atomic mass is 10.1. The van der Waals surface area contributed by atoms with Crippen LogP contribution in [0.2, 0.25) is 0 Å². The van der Waals surface area contributed by atoms with Gasteiger partial charge in [-0.3, -0.25) is 0 Å². The van der Waals surface area contributed by atoms with Gasteiger partial charge in [0.2, 0.25) is 0 Å². The molecule has 0 spiro atoms. The second-order valence-electron chi connectivity index (χ2n) is 4.46. The zero-order chi connectivity index (χ0) is 14.1. The number of H-pyrrole nitrogens is 1. The van der Waals surface area contributed by atoms with E-state index in [0.29, 0.717) is 17.8 Å². The van der Waals surface area contributed by atoms with E-state index in [4.69, 9.17) is 0 Å². The minimum atomic E-state index is -0.574. The van der Waals surface area contributed by atoms with Gasteiger partial charge in [0.25, 0.3) is 0 Å². The fourth-order valence-electron chi connectivity index (χ4n) is 1.98. The highest BCUT2D eigenvalue weighted by Crippen LogP contribution is 2.19. The van der Waals surface area contributed by atoms with Gasteiger partial charge in [0.15, 0.2) is 5.82 Å². The first-order valence-electron chi connectivity index (χ1n) is 6.01. The summed E-state index contributed by atoms with van der Waals surface area (Å²) >= 11 is 1.55. The van der Waals surface area contributed by atoms with Crippen LogP contribution in [0.5, 0.6) is 0 Å². The summed E-state index contributed by atoms with van der Waals surface area (Å²) in [5.74, 6) is -0.481. The molecule has 0 aliphatic rings. The average molecular weight is 291 g/mol. The number of aromatic amines is 1. The first-order valence-corrected chi connectivity index (χ1v) is 6.89. The van der Waals surface area contributed by atoms with Crippen LogP contribution in [0.4, 0.5) is 8.78 Å². The van der Waals surface area contributed by atoms with Gasteiger partial charge in [0.05, 0.1) is 5.01 Å². The first kappa shape index (κ1) is 12.9. The van der Waals surface area contributed by atoms with Gasteiger partial charge in [0, 0.05) is 29.8 Å². The van der Waals surface area contributed by atoms with E-state index in [9.17, 15) is 8.78 Å². The predicted octanol–water partition coefficient (Wildman–Crippen LogP) is 3.71. The van der Waals surface area contributed by atoms with Crippen molar-refractivity contribution in [3.63, 3.8) is 0 Å². The summed E-state index contributed by atoms with van der Waals surface area (Å²) in [4.78, 5) is 11.7. The molecule has 102 valence electrons. The molecule has 1 N–H and O–H groups in total. The van der Waals surface area contributed by atoms with Gasteiger partial charge in [-0.05, 0) is 24.6 Å². The van der Waals surface area contributed by atoms with Crippen LogP contribution in [0.1, 0.15) is 16.3 Å². The molecule has 2 heterocycles. The molecular formula is C14H11F2N3S. The number of rotatable bonds is 3. The molecule has 3 rings (SSSR count). The summed E-state index contributed by atoms with van der Waals surface area (Å²) in [5, 5.41) is 2.88. The Morgan fingerprint density at radius 2 is 1.95 bits per heavy atom. The SMILES string of the molecule is Cc1nc(-c2ncc(Cc3cc(F)cc(F)c3)[nH]2)cs1. The predicted molar refractivity (Wildman–Crippen MR) is 73.6 cm³/mol. The molecule has 0 aliphatic heterocycles. The third kappa shape index (κ3) is 2.75. The molecule has 20 heavy (non-hydrogen) atoms. The summed E-state index contributed by atoms with van der Waals surface area (Å²) in [6, 6.07) is 3.49. The lowest BCUT2D eigenvalue weighted by Crippen LogP contribution is -1.92. The molecule has 0 unspecified atom stereocenters. The fraction of sp³-hybridized carbons (Fsp3) is 0.143. The quantitative estimate of drug-likeness (QED) is 0.799. The number of halogens is 2. The molecule has 3 aromatic rings. The Bertz CT molecular complexity index is 728. The van der Waals surface area contributed by atoms with Crippen molar-refractivity contribution in [2.24, 2.45) is 0 Å². The Hall–Kier alpha value is -2.08. The summed E-state index contributed by atoms with van der Waals surface area (Å²) < 4.78 is 26.3. The third-order valence-corrected chi connectivity index (χ3v) is 3.58. The van der Waals surface area contributed by atoms with Crippen molar-refractivity contribution in [3.8, 4) is 11.5 Å². The van der Waals surface area contributed by atoms with Crippen molar-refractivity contribution in [1.82, 2.24) is 15.0 Å². The van der Waals surface area contributed by atoms with Crippen LogP contribution in [0, 0.1) is 18.6 Å². The van der Waals surface area contributed by atoms with Crippen molar-refractivity contribution in [1.29, 1.82) is 0 Å². The molecule has 3 nitrogen and oxygen atoms in total. The molecule has 6 heteroatoms. The standard InChI is InChI=1S/C14H11F2N3S/c1-8-18-13(7-20-8)14-17-6-12(19-14)4-9-2-10(15)5-11(16)3-9/h2-3,5-7H,4H2,1H3,(H,17,19). The fourth-order valence-corrected chi connectivity index (χ4v) is 2.58. The first-order chi connectivity index (χ1) is 9.60. The van der Waals surface area contributed by atoms with Gasteiger partial charge >= 0.3 is 0 Å². The molecule has 0 amide bonds. The van der Waals surface area contributed by atoms with Crippen LogP contribution in [0.15, 0.2) is 29.8 Å². The second-order valence-corrected chi connectivity index (χ2v) is 5.53. The van der Waals surface area contributed by atoms with Crippen molar-refractivity contribution in [2.75, 3.05) is 0 Å². The van der Waals surface area contributed by atoms with Crippen LogP contribution >= 0.6 is 11.3 Å². The molecule has 0 atom stereocenters. The smallest absolute Gasteiger partial charge is 0.157 e. The molecule has 0 saturated carbocycles. The average Bonchev–Trinajstić information content (AvgIpc) is 2.96. The number of thiazole rings is 1. The number of nitrogens with one attached hydrogen (secondary N) is 1. The number of imidazole rings is 1. The molecule has 2 aromatic heterocycles. The number of aromatic nitrogens is 3. The van der Waals surface area contributed by atoms with E-state index in [1.165, 1.54) is 12.1 Å². The molecule has 0 radical (unpaired) electrons. The van der Waals surface area contributed by atoms with Gasteiger partial charge in [-0.25, -0.2) is 18.7 Å². The van der Waals surface area contributed by atoms with Crippen molar-refractivity contribution < 1.29 is 8.78 Å². The van der Waals surface area contributed by atoms with E-state index in [1.807, 2.05) is 12.3 Å². The maximum atomic E-state index is 13.1. The Balaban J connectivity index is 1.83. The number of aryl methyl sites for hydroxylation is 1. The van der Waals surface area contributed by atoms with Crippen molar-refractivity contribution >= 4 is 11.3 Å². The third-order valence-electron chi connectivity index (χ3n) is 2.81. The van der Waals surface area contributed by atoms with Gasteiger partial charge in [-0.15, -0.1) is 11.3 Å². The zero-order valence-corrected chi connectivity index (χ0v) is 11.5. The largest absolute Gasteiger partial charge is 0.340 e. The highest BCUT2D eigenvalue weighted by atomic mass is 32.1. The minimum absolute atomic E-state index is 0.394. The number of hydrogen-bond acceptors (Lipinski definition) is 3. The van der Waals surface area contributed by atoms with E-state index in [0.717, 1.165) is 22.5 Å². The Kier molecular flexibility index (Phi) is 3.31. The van der Waals surface area contributed by atoms with Gasteiger partial charge in [-0.1, -0.05) is 0 Å². The monoisotopic (exact) mass is 291 g/mol. The van der Waals surface area contributed by atoms with Gasteiger partial charge < -0.3 is 4.98 Å². The lowest BCUT2D eigenvalue weighted by Gasteiger charge is -2.00. The van der Waals surface area contributed by atoms with Crippen LogP contribution in [-0.4, -0.2) is 15.0 Å².